The zero-order valence-electron chi connectivity index (χ0n) is 24.7. The lowest BCUT2D eigenvalue weighted by atomic mass is 10.0. The maximum atomic E-state index is 8.69. The molecule has 0 unspecified atom stereocenters. The number of hydrogen-bond acceptors (Lipinski definition) is 4. The molecule has 0 saturated carbocycles. The molecule has 0 heterocycles. The van der Waals surface area contributed by atoms with Crippen molar-refractivity contribution in [2.24, 2.45) is 0 Å². The molecule has 36 heavy (non-hydrogen) atoms. The van der Waals surface area contributed by atoms with Crippen molar-refractivity contribution >= 4 is 0 Å². The summed E-state index contributed by atoms with van der Waals surface area (Å²) in [5, 5.41) is 34.7. The van der Waals surface area contributed by atoms with Crippen molar-refractivity contribution in [3.05, 3.63) is 0 Å². The Morgan fingerprint density at radius 1 is 0.278 bits per heavy atom. The van der Waals surface area contributed by atoms with Crippen molar-refractivity contribution in [1.29, 1.82) is 0 Å². The van der Waals surface area contributed by atoms with E-state index in [0.717, 1.165) is 25.7 Å². The fourth-order valence-corrected chi connectivity index (χ4v) is 4.69. The molecule has 4 N–H and O–H groups in total. The van der Waals surface area contributed by atoms with Crippen LogP contribution in [0.3, 0.4) is 0 Å². The molecular weight excluding hydrogens is 448 g/mol. The van der Waals surface area contributed by atoms with Crippen LogP contribution in [0.5, 0.6) is 0 Å². The predicted octanol–water partition coefficient (Wildman–Crippen LogP) is 9.56. The highest BCUT2D eigenvalue weighted by Crippen LogP contribution is 2.14. The topological polar surface area (TPSA) is 80.9 Å². The molecule has 0 fully saturated rings. The Hall–Kier alpha value is -0.160. The van der Waals surface area contributed by atoms with Gasteiger partial charge in [-0.15, -0.1) is 0 Å². The lowest BCUT2D eigenvalue weighted by Crippen LogP contribution is -2.02. The summed E-state index contributed by atoms with van der Waals surface area (Å²) in [6.45, 7) is 4.53. The van der Waals surface area contributed by atoms with Gasteiger partial charge in [0.2, 0.25) is 0 Å². The minimum Gasteiger partial charge on any atom is -0.368 e. The minimum atomic E-state index is -1.10. The third-order valence-corrected chi connectivity index (χ3v) is 7.13. The van der Waals surface area contributed by atoms with Gasteiger partial charge in [0, 0.05) is 0 Å². The molecule has 0 aromatic carbocycles. The molecule has 0 aromatic heterocycles. The molecule has 0 amide bonds. The smallest absolute Gasteiger partial charge is 0.151 e. The number of unbranched alkanes of at least 4 members (excludes halogenated alkanes) is 24. The highest BCUT2D eigenvalue weighted by atomic mass is 16.5. The summed E-state index contributed by atoms with van der Waals surface area (Å²) in [4.78, 5) is 0. The Morgan fingerprint density at radius 2 is 0.444 bits per heavy atom. The maximum Gasteiger partial charge on any atom is 0.151 e. The molecule has 0 saturated heterocycles. The Kier molecular flexibility index (Phi) is 36.8. The summed E-state index contributed by atoms with van der Waals surface area (Å²) in [5.74, 6) is 0. The molecule has 0 atom stereocenters. The van der Waals surface area contributed by atoms with Crippen LogP contribution in [0.4, 0.5) is 0 Å². The first-order valence-corrected chi connectivity index (χ1v) is 16.3. The van der Waals surface area contributed by atoms with Crippen molar-refractivity contribution in [1.82, 2.24) is 0 Å². The quantitative estimate of drug-likeness (QED) is 0.0616. The van der Waals surface area contributed by atoms with Crippen LogP contribution < -0.4 is 0 Å². The number of hydrogen-bond donors (Lipinski definition) is 4. The second-order valence-corrected chi connectivity index (χ2v) is 11.0. The van der Waals surface area contributed by atoms with E-state index < -0.39 is 12.6 Å². The van der Waals surface area contributed by atoms with Crippen LogP contribution in [-0.2, 0) is 0 Å². The molecule has 4 heteroatoms. The first-order chi connectivity index (χ1) is 17.5. The first kappa shape index (κ1) is 38.0. The number of rotatable bonds is 28. The maximum absolute atomic E-state index is 8.69. The van der Waals surface area contributed by atoms with E-state index in [1.807, 2.05) is 0 Å². The average Bonchev–Trinajstić information content (AvgIpc) is 2.85. The summed E-state index contributed by atoms with van der Waals surface area (Å²) >= 11 is 0. The van der Waals surface area contributed by atoms with E-state index in [4.69, 9.17) is 20.4 Å². The van der Waals surface area contributed by atoms with E-state index in [-0.39, 0.29) is 0 Å². The van der Waals surface area contributed by atoms with Gasteiger partial charge in [0.15, 0.2) is 12.6 Å². The van der Waals surface area contributed by atoms with Crippen LogP contribution in [-0.4, -0.2) is 33.0 Å². The van der Waals surface area contributed by atoms with Gasteiger partial charge >= 0.3 is 0 Å². The van der Waals surface area contributed by atoms with Crippen molar-refractivity contribution in [2.45, 2.75) is 206 Å². The summed E-state index contributed by atoms with van der Waals surface area (Å²) in [6.07, 6.45) is 33.4. The Bertz CT molecular complexity index is 326. The highest BCUT2D eigenvalue weighted by molar-refractivity contribution is 4.51. The summed E-state index contributed by atoms with van der Waals surface area (Å²) < 4.78 is 0. The zero-order valence-corrected chi connectivity index (χ0v) is 24.7. The molecule has 0 aliphatic carbocycles. The average molecular weight is 517 g/mol. The normalized spacial score (nSPS) is 11.3. The molecule has 220 valence electrons. The van der Waals surface area contributed by atoms with Crippen LogP contribution in [0.15, 0.2) is 0 Å². The van der Waals surface area contributed by atoms with E-state index in [9.17, 15) is 0 Å². The Labute approximate surface area is 226 Å². The highest BCUT2D eigenvalue weighted by Gasteiger charge is 1.98. The fourth-order valence-electron chi connectivity index (χ4n) is 4.69. The van der Waals surface area contributed by atoms with Crippen LogP contribution >= 0.6 is 0 Å². The van der Waals surface area contributed by atoms with Gasteiger partial charge in [0.1, 0.15) is 0 Å². The van der Waals surface area contributed by atoms with Crippen LogP contribution in [0, 0.1) is 0 Å². The van der Waals surface area contributed by atoms with Crippen molar-refractivity contribution < 1.29 is 20.4 Å². The van der Waals surface area contributed by atoms with Crippen molar-refractivity contribution in [3.8, 4) is 0 Å². The summed E-state index contributed by atoms with van der Waals surface area (Å²) in [6, 6.07) is 0. The molecule has 0 radical (unpaired) electrons. The van der Waals surface area contributed by atoms with Gasteiger partial charge in [-0.2, -0.15) is 0 Å². The monoisotopic (exact) mass is 517 g/mol. The van der Waals surface area contributed by atoms with E-state index in [1.54, 1.807) is 0 Å². The standard InChI is InChI=1S/2C16H34O2/c2*1-2-3-4-5-6-7-8-9-10-11-12-13-14-15-16(17)18/h2*16-18H,2-15H2,1H3. The van der Waals surface area contributed by atoms with Crippen LogP contribution in [0.2, 0.25) is 0 Å². The van der Waals surface area contributed by atoms with Gasteiger partial charge in [0.25, 0.3) is 0 Å². The predicted molar refractivity (Wildman–Crippen MR) is 157 cm³/mol. The molecule has 4 nitrogen and oxygen atoms in total. The lowest BCUT2D eigenvalue weighted by Gasteiger charge is -2.04. The van der Waals surface area contributed by atoms with E-state index >= 15 is 0 Å². The van der Waals surface area contributed by atoms with Crippen LogP contribution in [0.25, 0.3) is 0 Å². The second-order valence-electron chi connectivity index (χ2n) is 11.0. The van der Waals surface area contributed by atoms with Gasteiger partial charge in [-0.3, -0.25) is 0 Å². The van der Waals surface area contributed by atoms with Gasteiger partial charge in [-0.25, -0.2) is 0 Å². The van der Waals surface area contributed by atoms with E-state index in [1.165, 1.54) is 141 Å². The minimum absolute atomic E-state index is 0.539. The molecule has 0 aromatic rings. The van der Waals surface area contributed by atoms with Gasteiger partial charge in [-0.1, -0.05) is 168 Å². The largest absolute Gasteiger partial charge is 0.368 e. The Balaban J connectivity index is 0. The van der Waals surface area contributed by atoms with E-state index in [2.05, 4.69) is 13.8 Å². The number of aliphatic hydroxyl groups excluding tert-OH is 2. The third kappa shape index (κ3) is 41.0. The molecule has 0 aliphatic heterocycles. The SMILES string of the molecule is CCCCCCCCCCCCCCCC(O)O.CCCCCCCCCCCCCCCC(O)O. The van der Waals surface area contributed by atoms with Gasteiger partial charge in [-0.05, 0) is 25.7 Å². The van der Waals surface area contributed by atoms with Crippen molar-refractivity contribution in [2.75, 3.05) is 0 Å². The Morgan fingerprint density at radius 3 is 0.611 bits per heavy atom. The summed E-state index contributed by atoms with van der Waals surface area (Å²) in [7, 11) is 0. The van der Waals surface area contributed by atoms with Gasteiger partial charge < -0.3 is 20.4 Å². The van der Waals surface area contributed by atoms with Crippen molar-refractivity contribution in [3.63, 3.8) is 0 Å². The van der Waals surface area contributed by atoms with E-state index in [0.29, 0.717) is 12.8 Å². The zero-order chi connectivity index (χ0) is 27.0. The van der Waals surface area contributed by atoms with Gasteiger partial charge in [0.05, 0.1) is 0 Å². The molecule has 0 aliphatic rings. The second kappa shape index (κ2) is 34.8. The molecular formula is C32H68O4. The fraction of sp³-hybridized carbons (Fsp3) is 1.00. The molecule has 0 spiro atoms. The molecule has 0 bridgehead atoms. The van der Waals surface area contributed by atoms with Crippen LogP contribution in [0.1, 0.15) is 194 Å². The summed E-state index contributed by atoms with van der Waals surface area (Å²) in [5.41, 5.74) is 0. The number of aliphatic hydroxyl groups is 4. The third-order valence-electron chi connectivity index (χ3n) is 7.13. The molecule has 0 rings (SSSR count). The lowest BCUT2D eigenvalue weighted by molar-refractivity contribution is -0.0472. The first-order valence-electron chi connectivity index (χ1n) is 16.3.